The normalized spacial score (nSPS) is 20.4. The van der Waals surface area contributed by atoms with Gasteiger partial charge in [0.25, 0.3) is 0 Å². The Morgan fingerprint density at radius 2 is 2.00 bits per heavy atom. The van der Waals surface area contributed by atoms with E-state index in [2.05, 4.69) is 5.32 Å². The molecule has 7 heteroatoms. The minimum Gasteiger partial charge on any atom is -0.464 e. The first-order valence-electron chi connectivity index (χ1n) is 7.83. The fraction of sp³-hybridized carbons (Fsp3) is 0.353. The molecule has 0 aliphatic carbocycles. The molecule has 0 spiro atoms. The zero-order valence-electron chi connectivity index (χ0n) is 13.4. The van der Waals surface area contributed by atoms with Gasteiger partial charge in [-0.15, -0.1) is 0 Å². The number of nitrogens with zero attached hydrogens (tertiary/aromatic N) is 1. The highest BCUT2D eigenvalue weighted by Crippen LogP contribution is 2.22. The summed E-state index contributed by atoms with van der Waals surface area (Å²) >= 11 is 0. The molecule has 0 unspecified atom stereocenters. The number of sulfone groups is 1. The third-order valence-electron chi connectivity index (χ3n) is 3.97. The smallest absolute Gasteiger partial charge is 0.321 e. The Hall–Kier alpha value is -2.28. The van der Waals surface area contributed by atoms with Crippen LogP contribution in [0.1, 0.15) is 6.92 Å². The Morgan fingerprint density at radius 3 is 2.67 bits per heavy atom. The number of rotatable bonds is 2. The minimum absolute atomic E-state index is 0.0161. The summed E-state index contributed by atoms with van der Waals surface area (Å²) in [4.78, 5) is 14.0. The van der Waals surface area contributed by atoms with E-state index in [9.17, 15) is 13.2 Å². The van der Waals surface area contributed by atoms with E-state index in [1.165, 1.54) is 0 Å². The Kier molecular flexibility index (Phi) is 4.62. The lowest BCUT2D eigenvalue weighted by Gasteiger charge is -2.22. The number of furan rings is 1. The second-order valence-electron chi connectivity index (χ2n) is 6.15. The molecule has 1 aromatic heterocycles. The molecule has 1 aromatic carbocycles. The highest BCUT2D eigenvalue weighted by molar-refractivity contribution is 7.91. The lowest BCUT2D eigenvalue weighted by atomic mass is 10.1. The molecule has 1 atom stereocenters. The molecule has 2 heterocycles. The van der Waals surface area contributed by atoms with Crippen molar-refractivity contribution in [1.82, 2.24) is 4.90 Å². The number of urea groups is 1. The standard InChI is InChI=1S/C17H20N2O4S/c1-13-11-19(8-10-24(21,22)12-13)17(20)18-15-6-4-14(5-7-15)16-3-2-9-23-16/h2-7,9,13H,8,10-12H2,1H3,(H,18,20)/t13-/m1/s1. The third-order valence-corrected chi connectivity index (χ3v) is 5.85. The van der Waals surface area contributed by atoms with Gasteiger partial charge in [-0.1, -0.05) is 6.92 Å². The van der Waals surface area contributed by atoms with Gasteiger partial charge in [-0.3, -0.25) is 0 Å². The zero-order chi connectivity index (χ0) is 17.2. The van der Waals surface area contributed by atoms with E-state index in [-0.39, 0.29) is 30.0 Å². The van der Waals surface area contributed by atoms with Crippen molar-refractivity contribution in [3.63, 3.8) is 0 Å². The van der Waals surface area contributed by atoms with E-state index >= 15 is 0 Å². The van der Waals surface area contributed by atoms with Crippen LogP contribution in [0.5, 0.6) is 0 Å². The van der Waals surface area contributed by atoms with Crippen LogP contribution in [0.3, 0.4) is 0 Å². The van der Waals surface area contributed by atoms with Crippen molar-refractivity contribution in [2.45, 2.75) is 6.92 Å². The molecule has 0 bridgehead atoms. The number of carbonyl (C=O) groups excluding carboxylic acids is 1. The van der Waals surface area contributed by atoms with Gasteiger partial charge in [0.05, 0.1) is 17.8 Å². The molecule has 0 radical (unpaired) electrons. The van der Waals surface area contributed by atoms with Gasteiger partial charge in [-0.05, 0) is 42.3 Å². The Labute approximate surface area is 141 Å². The maximum absolute atomic E-state index is 12.4. The molecular weight excluding hydrogens is 328 g/mol. The number of anilines is 1. The molecule has 1 N–H and O–H groups in total. The van der Waals surface area contributed by atoms with Gasteiger partial charge in [0.15, 0.2) is 9.84 Å². The van der Waals surface area contributed by atoms with Crippen molar-refractivity contribution in [3.8, 4) is 11.3 Å². The highest BCUT2D eigenvalue weighted by atomic mass is 32.2. The van der Waals surface area contributed by atoms with E-state index < -0.39 is 9.84 Å². The lowest BCUT2D eigenvalue weighted by Crippen LogP contribution is -2.38. The Morgan fingerprint density at radius 1 is 1.25 bits per heavy atom. The molecule has 2 amide bonds. The van der Waals surface area contributed by atoms with Crippen molar-refractivity contribution < 1.29 is 17.6 Å². The van der Waals surface area contributed by atoms with Gasteiger partial charge in [0, 0.05) is 24.3 Å². The number of carbonyl (C=O) groups is 1. The predicted octanol–water partition coefficient (Wildman–Crippen LogP) is 2.85. The van der Waals surface area contributed by atoms with Crippen LogP contribution in [-0.4, -0.2) is 43.9 Å². The summed E-state index contributed by atoms with van der Waals surface area (Å²) in [6.07, 6.45) is 1.61. The Balaban J connectivity index is 1.66. The first-order chi connectivity index (χ1) is 11.4. The van der Waals surface area contributed by atoms with Crippen LogP contribution in [0.2, 0.25) is 0 Å². The summed E-state index contributed by atoms with van der Waals surface area (Å²) in [7, 11) is -3.07. The number of hydrogen-bond donors (Lipinski definition) is 1. The summed E-state index contributed by atoms with van der Waals surface area (Å²) in [6.45, 7) is 2.51. The van der Waals surface area contributed by atoms with Crippen LogP contribution in [0, 0.1) is 5.92 Å². The number of amides is 2. The van der Waals surface area contributed by atoms with Crippen LogP contribution in [0.15, 0.2) is 47.1 Å². The van der Waals surface area contributed by atoms with E-state index in [1.807, 2.05) is 31.2 Å². The number of hydrogen-bond acceptors (Lipinski definition) is 4. The van der Waals surface area contributed by atoms with Crippen LogP contribution in [0.4, 0.5) is 10.5 Å². The first kappa shape index (κ1) is 16.6. The van der Waals surface area contributed by atoms with Gasteiger partial charge in [-0.2, -0.15) is 0 Å². The monoisotopic (exact) mass is 348 g/mol. The van der Waals surface area contributed by atoms with E-state index in [4.69, 9.17) is 4.42 Å². The van der Waals surface area contributed by atoms with Crippen molar-refractivity contribution in [1.29, 1.82) is 0 Å². The quantitative estimate of drug-likeness (QED) is 0.905. The number of nitrogens with one attached hydrogen (secondary N) is 1. The van der Waals surface area contributed by atoms with Gasteiger partial charge in [0.1, 0.15) is 5.76 Å². The van der Waals surface area contributed by atoms with Crippen molar-refractivity contribution >= 4 is 21.6 Å². The number of benzene rings is 1. The predicted molar refractivity (Wildman–Crippen MR) is 92.6 cm³/mol. The van der Waals surface area contributed by atoms with Crippen molar-refractivity contribution in [2.24, 2.45) is 5.92 Å². The summed E-state index contributed by atoms with van der Waals surface area (Å²) < 4.78 is 28.9. The molecule has 1 fully saturated rings. The topological polar surface area (TPSA) is 79.6 Å². The Bertz CT molecular complexity index is 798. The molecule has 2 aromatic rings. The lowest BCUT2D eigenvalue weighted by molar-refractivity contribution is 0.210. The van der Waals surface area contributed by atoms with Crippen LogP contribution < -0.4 is 5.32 Å². The van der Waals surface area contributed by atoms with Gasteiger partial charge < -0.3 is 14.6 Å². The SMILES string of the molecule is C[C@@H]1CN(C(=O)Nc2ccc(-c3ccco3)cc2)CCS(=O)(=O)C1. The third kappa shape index (κ3) is 3.97. The van der Waals surface area contributed by atoms with Gasteiger partial charge >= 0.3 is 6.03 Å². The minimum atomic E-state index is -3.07. The molecule has 3 rings (SSSR count). The van der Waals surface area contributed by atoms with Crippen LogP contribution >= 0.6 is 0 Å². The average molecular weight is 348 g/mol. The van der Waals surface area contributed by atoms with Crippen LogP contribution in [0.25, 0.3) is 11.3 Å². The van der Waals surface area contributed by atoms with E-state index in [0.29, 0.717) is 12.2 Å². The van der Waals surface area contributed by atoms with Gasteiger partial charge in [0.2, 0.25) is 0 Å². The molecule has 1 aliphatic heterocycles. The first-order valence-corrected chi connectivity index (χ1v) is 9.65. The molecular formula is C17H20N2O4S. The average Bonchev–Trinajstić information content (AvgIpc) is 3.01. The van der Waals surface area contributed by atoms with E-state index in [1.54, 1.807) is 23.3 Å². The largest absolute Gasteiger partial charge is 0.464 e. The summed E-state index contributed by atoms with van der Waals surface area (Å²) in [5.74, 6) is 0.848. The van der Waals surface area contributed by atoms with Gasteiger partial charge in [-0.25, -0.2) is 13.2 Å². The second kappa shape index (κ2) is 6.68. The fourth-order valence-electron chi connectivity index (χ4n) is 2.83. The van der Waals surface area contributed by atoms with Crippen molar-refractivity contribution in [3.05, 3.63) is 42.7 Å². The maximum atomic E-state index is 12.4. The molecule has 6 nitrogen and oxygen atoms in total. The highest BCUT2D eigenvalue weighted by Gasteiger charge is 2.26. The van der Waals surface area contributed by atoms with Crippen molar-refractivity contribution in [2.75, 3.05) is 29.9 Å². The summed E-state index contributed by atoms with van der Waals surface area (Å²) in [5, 5.41) is 2.82. The molecule has 0 saturated carbocycles. The summed E-state index contributed by atoms with van der Waals surface area (Å²) in [5.41, 5.74) is 1.59. The second-order valence-corrected chi connectivity index (χ2v) is 8.38. The maximum Gasteiger partial charge on any atom is 0.321 e. The fourth-order valence-corrected chi connectivity index (χ4v) is 4.47. The molecule has 1 saturated heterocycles. The van der Waals surface area contributed by atoms with E-state index in [0.717, 1.165) is 11.3 Å². The van der Waals surface area contributed by atoms with Crippen LogP contribution in [-0.2, 0) is 9.84 Å². The molecule has 24 heavy (non-hydrogen) atoms. The molecule has 1 aliphatic rings. The molecule has 128 valence electrons. The zero-order valence-corrected chi connectivity index (χ0v) is 14.3. The summed E-state index contributed by atoms with van der Waals surface area (Å²) in [6, 6.07) is 10.7.